The molecule has 0 aliphatic heterocycles. The smallest absolute Gasteiger partial charge is 0.321 e. The molecule has 0 heterocycles. The zero-order chi connectivity index (χ0) is 20.5. The predicted octanol–water partition coefficient (Wildman–Crippen LogP) is 5.50. The zero-order valence-corrected chi connectivity index (χ0v) is 17.6. The van der Waals surface area contributed by atoms with E-state index in [9.17, 15) is 9.59 Å². The van der Waals surface area contributed by atoms with Gasteiger partial charge in [-0.2, -0.15) is 0 Å². The highest BCUT2D eigenvalue weighted by Gasteiger charge is 2.17. The van der Waals surface area contributed by atoms with Gasteiger partial charge in [-0.15, -0.1) is 0 Å². The molecule has 0 radical (unpaired) electrons. The molecule has 0 bridgehead atoms. The van der Waals surface area contributed by atoms with Crippen LogP contribution >= 0.6 is 23.2 Å². The molecule has 0 aliphatic rings. The molecule has 2 aromatic carbocycles. The molecule has 0 aliphatic carbocycles. The Balaban J connectivity index is 1.91. The van der Waals surface area contributed by atoms with Gasteiger partial charge in [-0.1, -0.05) is 66.5 Å². The van der Waals surface area contributed by atoms with Gasteiger partial charge in [0.15, 0.2) is 0 Å². The van der Waals surface area contributed by atoms with Gasteiger partial charge in [0.05, 0.1) is 21.8 Å². The first kappa shape index (κ1) is 22.1. The van der Waals surface area contributed by atoms with Crippen molar-refractivity contribution >= 4 is 40.8 Å². The van der Waals surface area contributed by atoms with Crippen LogP contribution in [0.2, 0.25) is 10.0 Å². The van der Waals surface area contributed by atoms with Crippen molar-refractivity contribution in [1.29, 1.82) is 0 Å². The predicted molar refractivity (Wildman–Crippen MR) is 115 cm³/mol. The van der Waals surface area contributed by atoms with Gasteiger partial charge >= 0.3 is 6.03 Å². The molecule has 5 nitrogen and oxygen atoms in total. The van der Waals surface area contributed by atoms with Gasteiger partial charge in [0.2, 0.25) is 5.91 Å². The summed E-state index contributed by atoms with van der Waals surface area (Å²) >= 11 is 12.1. The van der Waals surface area contributed by atoms with Gasteiger partial charge < -0.3 is 15.5 Å². The molecular formula is C21H25Cl2N3O2. The Morgan fingerprint density at radius 3 is 2.43 bits per heavy atom. The minimum absolute atomic E-state index is 0.0904. The fraction of sp³-hybridized carbons (Fsp3) is 0.333. The number of anilines is 1. The van der Waals surface area contributed by atoms with E-state index in [1.54, 1.807) is 23.1 Å². The van der Waals surface area contributed by atoms with E-state index in [4.69, 9.17) is 23.2 Å². The van der Waals surface area contributed by atoms with Crippen molar-refractivity contribution in [3.05, 3.63) is 64.1 Å². The maximum atomic E-state index is 12.6. The van der Waals surface area contributed by atoms with Crippen LogP contribution in [-0.4, -0.2) is 29.9 Å². The lowest BCUT2D eigenvalue weighted by molar-refractivity contribution is -0.121. The van der Waals surface area contributed by atoms with E-state index in [2.05, 4.69) is 10.6 Å². The monoisotopic (exact) mass is 421 g/mol. The third-order valence-electron chi connectivity index (χ3n) is 4.26. The zero-order valence-electron chi connectivity index (χ0n) is 16.0. The summed E-state index contributed by atoms with van der Waals surface area (Å²) < 4.78 is 0. The fourth-order valence-electron chi connectivity index (χ4n) is 2.75. The summed E-state index contributed by atoms with van der Waals surface area (Å²) in [4.78, 5) is 26.5. The first-order valence-corrected chi connectivity index (χ1v) is 10.0. The van der Waals surface area contributed by atoms with E-state index in [0.717, 1.165) is 12.0 Å². The number of hydrogen-bond donors (Lipinski definition) is 2. The van der Waals surface area contributed by atoms with Gasteiger partial charge in [0.1, 0.15) is 0 Å². The maximum Gasteiger partial charge on any atom is 0.321 e. The van der Waals surface area contributed by atoms with Crippen LogP contribution in [-0.2, 0) is 4.79 Å². The number of rotatable bonds is 8. The average Bonchev–Trinajstić information content (AvgIpc) is 2.69. The van der Waals surface area contributed by atoms with Crippen molar-refractivity contribution in [2.24, 2.45) is 0 Å². The van der Waals surface area contributed by atoms with E-state index < -0.39 is 0 Å². The average molecular weight is 422 g/mol. The second-order valence-electron chi connectivity index (χ2n) is 6.47. The van der Waals surface area contributed by atoms with Gasteiger partial charge in [-0.25, -0.2) is 4.79 Å². The molecule has 2 rings (SSSR count). The molecule has 0 aromatic heterocycles. The Hall–Kier alpha value is -2.24. The first-order valence-electron chi connectivity index (χ1n) is 9.26. The van der Waals surface area contributed by atoms with Crippen molar-refractivity contribution in [1.82, 2.24) is 10.2 Å². The second-order valence-corrected chi connectivity index (χ2v) is 7.25. The van der Waals surface area contributed by atoms with E-state index in [0.29, 0.717) is 28.8 Å². The third kappa shape index (κ3) is 6.43. The van der Waals surface area contributed by atoms with Gasteiger partial charge in [0.25, 0.3) is 0 Å². The standard InChI is InChI=1S/C21H25Cl2N3O2/c1-3-13-26(21(28)25-18-11-7-10-17(22)20(18)23)14-12-19(27)24-15(2)16-8-5-4-6-9-16/h4-11,15H,3,12-14H2,1-2H3,(H,24,27)(H,25,28). The van der Waals surface area contributed by atoms with Crippen LogP contribution in [0.1, 0.15) is 38.3 Å². The number of halogens is 2. The molecule has 1 unspecified atom stereocenters. The molecule has 2 N–H and O–H groups in total. The molecule has 2 aromatic rings. The van der Waals surface area contributed by atoms with Crippen molar-refractivity contribution in [3.8, 4) is 0 Å². The van der Waals surface area contributed by atoms with Crippen molar-refractivity contribution < 1.29 is 9.59 Å². The highest BCUT2D eigenvalue weighted by molar-refractivity contribution is 6.43. The fourth-order valence-corrected chi connectivity index (χ4v) is 3.10. The van der Waals surface area contributed by atoms with Crippen LogP contribution in [0.5, 0.6) is 0 Å². The molecule has 1 atom stereocenters. The number of nitrogens with one attached hydrogen (secondary N) is 2. The Bertz CT molecular complexity index is 799. The normalized spacial score (nSPS) is 11.6. The SMILES string of the molecule is CCCN(CCC(=O)NC(C)c1ccccc1)C(=O)Nc1cccc(Cl)c1Cl. The number of hydrogen-bond acceptors (Lipinski definition) is 2. The highest BCUT2D eigenvalue weighted by Crippen LogP contribution is 2.29. The van der Waals surface area contributed by atoms with Crippen molar-refractivity contribution in [2.45, 2.75) is 32.7 Å². The number of benzene rings is 2. The number of amides is 3. The molecule has 0 saturated carbocycles. The largest absolute Gasteiger partial charge is 0.350 e. The van der Waals surface area contributed by atoms with Crippen LogP contribution in [0.15, 0.2) is 48.5 Å². The second kappa shape index (κ2) is 10.9. The first-order chi connectivity index (χ1) is 13.4. The molecule has 0 saturated heterocycles. The molecule has 28 heavy (non-hydrogen) atoms. The summed E-state index contributed by atoms with van der Waals surface area (Å²) in [5.74, 6) is -0.106. The minimum atomic E-state index is -0.310. The molecule has 0 fully saturated rings. The summed E-state index contributed by atoms with van der Waals surface area (Å²) in [7, 11) is 0. The maximum absolute atomic E-state index is 12.6. The molecule has 3 amide bonds. The van der Waals surface area contributed by atoms with Gasteiger partial charge in [-0.3, -0.25) is 4.79 Å². The number of urea groups is 1. The van der Waals surface area contributed by atoms with Crippen LogP contribution in [0.4, 0.5) is 10.5 Å². The summed E-state index contributed by atoms with van der Waals surface area (Å²) in [6, 6.07) is 14.4. The number of nitrogens with zero attached hydrogens (tertiary/aromatic N) is 1. The van der Waals surface area contributed by atoms with Gasteiger partial charge in [0, 0.05) is 19.5 Å². The van der Waals surface area contributed by atoms with Crippen molar-refractivity contribution in [3.63, 3.8) is 0 Å². The molecular weight excluding hydrogens is 397 g/mol. The van der Waals surface area contributed by atoms with Crippen LogP contribution < -0.4 is 10.6 Å². The van der Waals surface area contributed by atoms with E-state index in [1.165, 1.54) is 0 Å². The van der Waals surface area contributed by atoms with Crippen molar-refractivity contribution in [2.75, 3.05) is 18.4 Å². The van der Waals surface area contributed by atoms with E-state index in [-0.39, 0.29) is 24.4 Å². The number of carbonyl (C=O) groups excluding carboxylic acids is 2. The lowest BCUT2D eigenvalue weighted by Gasteiger charge is -2.23. The van der Waals surface area contributed by atoms with Crippen LogP contribution in [0.25, 0.3) is 0 Å². The van der Waals surface area contributed by atoms with Gasteiger partial charge in [-0.05, 0) is 31.0 Å². The Morgan fingerprint density at radius 1 is 1.04 bits per heavy atom. The highest BCUT2D eigenvalue weighted by atomic mass is 35.5. The Morgan fingerprint density at radius 2 is 1.75 bits per heavy atom. The van der Waals surface area contributed by atoms with E-state index >= 15 is 0 Å². The topological polar surface area (TPSA) is 61.4 Å². The lowest BCUT2D eigenvalue weighted by Crippen LogP contribution is -2.39. The van der Waals surface area contributed by atoms with Crippen LogP contribution in [0.3, 0.4) is 0 Å². The number of carbonyl (C=O) groups is 2. The minimum Gasteiger partial charge on any atom is -0.350 e. The van der Waals surface area contributed by atoms with Crippen LogP contribution in [0, 0.1) is 0 Å². The summed E-state index contributed by atoms with van der Waals surface area (Å²) in [6.45, 7) is 4.76. The summed E-state index contributed by atoms with van der Waals surface area (Å²) in [6.07, 6.45) is 0.993. The summed E-state index contributed by atoms with van der Waals surface area (Å²) in [5.41, 5.74) is 1.48. The third-order valence-corrected chi connectivity index (χ3v) is 5.08. The quantitative estimate of drug-likeness (QED) is 0.590. The molecule has 7 heteroatoms. The molecule has 0 spiro atoms. The Kier molecular flexibility index (Phi) is 8.61. The summed E-state index contributed by atoms with van der Waals surface area (Å²) in [5, 5.41) is 6.39. The lowest BCUT2D eigenvalue weighted by atomic mass is 10.1. The Labute approximate surface area is 176 Å². The van der Waals surface area contributed by atoms with E-state index in [1.807, 2.05) is 44.2 Å². The molecule has 150 valence electrons.